The van der Waals surface area contributed by atoms with E-state index in [-0.39, 0.29) is 42.0 Å². The summed E-state index contributed by atoms with van der Waals surface area (Å²) in [4.78, 5) is 19.4. The Balaban J connectivity index is 0.00000320. The summed E-state index contributed by atoms with van der Waals surface area (Å²) in [6.07, 6.45) is 5.48. The number of rotatable bonds is 7. The van der Waals surface area contributed by atoms with E-state index in [1.54, 1.807) is 0 Å². The lowest BCUT2D eigenvalue weighted by atomic mass is 10.1. The molecule has 30 heavy (non-hydrogen) atoms. The van der Waals surface area contributed by atoms with Crippen LogP contribution in [-0.4, -0.2) is 55.1 Å². The highest BCUT2D eigenvalue weighted by Gasteiger charge is 2.32. The van der Waals surface area contributed by atoms with Crippen LogP contribution in [0.5, 0.6) is 5.75 Å². The zero-order valence-electron chi connectivity index (χ0n) is 18.5. The van der Waals surface area contributed by atoms with Gasteiger partial charge in [-0.2, -0.15) is 0 Å². The Morgan fingerprint density at radius 3 is 2.70 bits per heavy atom. The number of para-hydroxylation sites is 1. The maximum Gasteiger partial charge on any atom is 0.225 e. The molecule has 0 radical (unpaired) electrons. The number of guanidine groups is 1. The molecule has 2 aliphatic rings. The SMILES string of the molecule is CCNC(=NCC(C)Oc1ccccc1C)NC1CCN(C(=O)C2CCCC2)C1.I. The number of aliphatic imine (C=N–C) groups is 1. The van der Waals surface area contributed by atoms with E-state index in [9.17, 15) is 4.79 Å². The molecule has 1 heterocycles. The predicted octanol–water partition coefficient (Wildman–Crippen LogP) is 3.73. The van der Waals surface area contributed by atoms with Crippen LogP contribution in [0.3, 0.4) is 0 Å². The average Bonchev–Trinajstić information content (AvgIpc) is 3.40. The molecule has 1 aliphatic carbocycles. The minimum absolute atomic E-state index is 0. The van der Waals surface area contributed by atoms with Crippen molar-refractivity contribution < 1.29 is 9.53 Å². The van der Waals surface area contributed by atoms with Crippen molar-refractivity contribution in [3.63, 3.8) is 0 Å². The van der Waals surface area contributed by atoms with Gasteiger partial charge in [0.1, 0.15) is 11.9 Å². The molecule has 1 aliphatic heterocycles. The highest BCUT2D eigenvalue weighted by Crippen LogP contribution is 2.27. The van der Waals surface area contributed by atoms with Crippen molar-refractivity contribution >= 4 is 35.8 Å². The maximum atomic E-state index is 12.7. The van der Waals surface area contributed by atoms with Gasteiger partial charge >= 0.3 is 0 Å². The Kier molecular flexibility index (Phi) is 10.2. The molecule has 1 aromatic carbocycles. The summed E-state index contributed by atoms with van der Waals surface area (Å²) in [6.45, 7) is 9.15. The Labute approximate surface area is 198 Å². The molecular formula is C23H37IN4O2. The number of hydrogen-bond acceptors (Lipinski definition) is 3. The number of nitrogens with one attached hydrogen (secondary N) is 2. The standard InChI is InChI=1S/C23H36N4O2.HI/c1-4-24-23(25-15-18(3)29-21-12-8-5-9-17(21)2)26-20-13-14-27(16-20)22(28)19-10-6-7-11-19;/h5,8-9,12,18-20H,4,6-7,10-11,13-16H2,1-3H3,(H2,24,25,26);1H. The Bertz CT molecular complexity index is 706. The molecule has 2 N–H and O–H groups in total. The van der Waals surface area contributed by atoms with E-state index < -0.39 is 0 Å². The van der Waals surface area contributed by atoms with Gasteiger partial charge in [0.25, 0.3) is 0 Å². The Morgan fingerprint density at radius 2 is 2.00 bits per heavy atom. The molecule has 0 spiro atoms. The fourth-order valence-electron chi connectivity index (χ4n) is 4.19. The van der Waals surface area contributed by atoms with Crippen molar-refractivity contribution in [3.05, 3.63) is 29.8 Å². The molecular weight excluding hydrogens is 491 g/mol. The van der Waals surface area contributed by atoms with Crippen molar-refractivity contribution in [1.29, 1.82) is 0 Å². The van der Waals surface area contributed by atoms with Crippen molar-refractivity contribution in [3.8, 4) is 5.75 Å². The van der Waals surface area contributed by atoms with Gasteiger partial charge < -0.3 is 20.3 Å². The van der Waals surface area contributed by atoms with Crippen LogP contribution < -0.4 is 15.4 Å². The summed E-state index contributed by atoms with van der Waals surface area (Å²) in [7, 11) is 0. The number of benzene rings is 1. The fourth-order valence-corrected chi connectivity index (χ4v) is 4.19. The first-order valence-corrected chi connectivity index (χ1v) is 11.1. The van der Waals surface area contributed by atoms with Gasteiger partial charge in [0.05, 0.1) is 6.54 Å². The molecule has 0 bridgehead atoms. The molecule has 6 nitrogen and oxygen atoms in total. The molecule has 0 aromatic heterocycles. The highest BCUT2D eigenvalue weighted by atomic mass is 127. The molecule has 2 fully saturated rings. The van der Waals surface area contributed by atoms with Gasteiger partial charge in [-0.05, 0) is 51.7 Å². The molecule has 168 valence electrons. The lowest BCUT2D eigenvalue weighted by molar-refractivity contribution is -0.134. The zero-order valence-corrected chi connectivity index (χ0v) is 20.9. The number of halogens is 1. The van der Waals surface area contributed by atoms with Gasteiger partial charge in [0.15, 0.2) is 5.96 Å². The molecule has 1 amide bonds. The molecule has 7 heteroatoms. The number of carbonyl (C=O) groups excluding carboxylic acids is 1. The van der Waals surface area contributed by atoms with E-state index in [4.69, 9.17) is 9.73 Å². The van der Waals surface area contributed by atoms with Crippen LogP contribution in [0.4, 0.5) is 0 Å². The number of nitrogens with zero attached hydrogens (tertiary/aromatic N) is 2. The van der Waals surface area contributed by atoms with Crippen molar-refractivity contribution in [2.75, 3.05) is 26.2 Å². The van der Waals surface area contributed by atoms with Gasteiger partial charge in [0, 0.05) is 31.6 Å². The first kappa shape index (κ1) is 24.8. The quantitative estimate of drug-likeness (QED) is 0.322. The second kappa shape index (κ2) is 12.4. The lowest BCUT2D eigenvalue weighted by Crippen LogP contribution is -2.45. The molecule has 2 atom stereocenters. The van der Waals surface area contributed by atoms with Gasteiger partial charge in [0.2, 0.25) is 5.91 Å². The third kappa shape index (κ3) is 7.03. The number of hydrogen-bond donors (Lipinski definition) is 2. The van der Waals surface area contributed by atoms with Crippen LogP contribution in [0.1, 0.15) is 51.5 Å². The van der Waals surface area contributed by atoms with Crippen LogP contribution in [0.15, 0.2) is 29.3 Å². The molecule has 3 rings (SSSR count). The van der Waals surface area contributed by atoms with Crippen LogP contribution in [0.25, 0.3) is 0 Å². The number of ether oxygens (including phenoxy) is 1. The van der Waals surface area contributed by atoms with Gasteiger partial charge in [-0.1, -0.05) is 31.0 Å². The third-order valence-corrected chi connectivity index (χ3v) is 5.82. The molecule has 1 aromatic rings. The first-order chi connectivity index (χ1) is 14.1. The van der Waals surface area contributed by atoms with Crippen molar-refractivity contribution in [1.82, 2.24) is 15.5 Å². The summed E-state index contributed by atoms with van der Waals surface area (Å²) in [5.74, 6) is 2.32. The Hall–Kier alpha value is -1.51. The second-order valence-corrected chi connectivity index (χ2v) is 8.31. The monoisotopic (exact) mass is 528 g/mol. The third-order valence-electron chi connectivity index (χ3n) is 5.82. The minimum atomic E-state index is -0.0180. The van der Waals surface area contributed by atoms with Crippen molar-refractivity contribution in [2.45, 2.75) is 65.0 Å². The first-order valence-electron chi connectivity index (χ1n) is 11.1. The average molecular weight is 528 g/mol. The van der Waals surface area contributed by atoms with Crippen LogP contribution >= 0.6 is 24.0 Å². The smallest absolute Gasteiger partial charge is 0.225 e. The topological polar surface area (TPSA) is 66.0 Å². The largest absolute Gasteiger partial charge is 0.489 e. The number of aryl methyl sites for hydroxylation is 1. The van der Waals surface area contributed by atoms with E-state index in [0.29, 0.717) is 12.5 Å². The van der Waals surface area contributed by atoms with E-state index in [2.05, 4.69) is 30.5 Å². The molecule has 1 saturated carbocycles. The van der Waals surface area contributed by atoms with Crippen molar-refractivity contribution in [2.24, 2.45) is 10.9 Å². The normalized spacial score (nSPS) is 20.6. The van der Waals surface area contributed by atoms with Gasteiger partial charge in [-0.3, -0.25) is 4.79 Å². The van der Waals surface area contributed by atoms with Crippen LogP contribution in [0, 0.1) is 12.8 Å². The lowest BCUT2D eigenvalue weighted by Gasteiger charge is -2.22. The van der Waals surface area contributed by atoms with E-state index in [1.165, 1.54) is 12.8 Å². The summed E-state index contributed by atoms with van der Waals surface area (Å²) in [5.41, 5.74) is 1.13. The van der Waals surface area contributed by atoms with Gasteiger partial charge in [-0.25, -0.2) is 4.99 Å². The Morgan fingerprint density at radius 1 is 1.27 bits per heavy atom. The summed E-state index contributed by atoms with van der Waals surface area (Å²) in [6, 6.07) is 8.30. The molecule has 2 unspecified atom stereocenters. The van der Waals surface area contributed by atoms with Crippen LogP contribution in [-0.2, 0) is 4.79 Å². The van der Waals surface area contributed by atoms with E-state index in [0.717, 1.165) is 56.2 Å². The van der Waals surface area contributed by atoms with E-state index >= 15 is 0 Å². The van der Waals surface area contributed by atoms with Crippen LogP contribution in [0.2, 0.25) is 0 Å². The summed E-state index contributed by atoms with van der Waals surface area (Å²) in [5, 5.41) is 6.83. The fraction of sp³-hybridized carbons (Fsp3) is 0.652. The summed E-state index contributed by atoms with van der Waals surface area (Å²) >= 11 is 0. The highest BCUT2D eigenvalue weighted by molar-refractivity contribution is 14.0. The molecule has 1 saturated heterocycles. The van der Waals surface area contributed by atoms with E-state index in [1.807, 2.05) is 30.0 Å². The number of carbonyl (C=O) groups is 1. The maximum absolute atomic E-state index is 12.7. The van der Waals surface area contributed by atoms with Gasteiger partial charge in [-0.15, -0.1) is 24.0 Å². The zero-order chi connectivity index (χ0) is 20.6. The number of amides is 1. The second-order valence-electron chi connectivity index (χ2n) is 8.31. The minimum Gasteiger partial charge on any atom is -0.489 e. The summed E-state index contributed by atoms with van der Waals surface area (Å²) < 4.78 is 6.03. The predicted molar refractivity (Wildman–Crippen MR) is 133 cm³/mol. The number of likely N-dealkylation sites (tertiary alicyclic amines) is 1.